The molecule has 0 fully saturated rings. The SMILES string of the molecule is CCc1coc(C(CC)CC(=O)CC(CC)c2occ(CC)c2CC)c1CC. The van der Waals surface area contributed by atoms with Crippen molar-refractivity contribution in [3.05, 3.63) is 46.3 Å². The normalized spacial score (nSPS) is 13.6. The summed E-state index contributed by atoms with van der Waals surface area (Å²) in [4.78, 5) is 13.0. The highest BCUT2D eigenvalue weighted by atomic mass is 16.3. The molecule has 0 spiro atoms. The highest BCUT2D eigenvalue weighted by molar-refractivity contribution is 5.80. The van der Waals surface area contributed by atoms with E-state index in [-0.39, 0.29) is 11.8 Å². The first-order valence-corrected chi connectivity index (χ1v) is 11.2. The van der Waals surface area contributed by atoms with Crippen molar-refractivity contribution in [1.82, 2.24) is 0 Å². The zero-order valence-electron chi connectivity index (χ0n) is 18.7. The second-order valence-electron chi connectivity index (χ2n) is 7.78. The van der Waals surface area contributed by atoms with Gasteiger partial charge in [0.15, 0.2) is 0 Å². The van der Waals surface area contributed by atoms with Crippen LogP contribution in [0.4, 0.5) is 0 Å². The van der Waals surface area contributed by atoms with Crippen molar-refractivity contribution < 1.29 is 13.6 Å². The van der Waals surface area contributed by atoms with Crippen molar-refractivity contribution in [2.45, 2.75) is 105 Å². The van der Waals surface area contributed by atoms with Gasteiger partial charge < -0.3 is 8.83 Å². The fourth-order valence-electron chi connectivity index (χ4n) is 4.43. The van der Waals surface area contributed by atoms with Crippen molar-refractivity contribution in [1.29, 1.82) is 0 Å². The molecule has 3 nitrogen and oxygen atoms in total. The lowest BCUT2D eigenvalue weighted by atomic mass is 9.86. The molecule has 3 heteroatoms. The molecule has 2 atom stereocenters. The van der Waals surface area contributed by atoms with Crippen LogP contribution in [0.15, 0.2) is 21.4 Å². The lowest BCUT2D eigenvalue weighted by molar-refractivity contribution is -0.120. The molecule has 0 N–H and O–H groups in total. The Labute approximate surface area is 170 Å². The first kappa shape index (κ1) is 22.5. The summed E-state index contributed by atoms with van der Waals surface area (Å²) >= 11 is 0. The maximum atomic E-state index is 13.0. The molecule has 0 amide bonds. The summed E-state index contributed by atoms with van der Waals surface area (Å²) in [6, 6.07) is 0. The molecule has 2 aromatic rings. The number of Topliss-reactive ketones (excluding diaryl/α,β-unsaturated/α-hetero) is 1. The van der Waals surface area contributed by atoms with Crippen LogP contribution in [0.3, 0.4) is 0 Å². The summed E-state index contributed by atoms with van der Waals surface area (Å²) in [6.07, 6.45) is 10.6. The average Bonchev–Trinajstić information content (AvgIpc) is 3.32. The van der Waals surface area contributed by atoms with Gasteiger partial charge >= 0.3 is 0 Å². The topological polar surface area (TPSA) is 43.4 Å². The summed E-state index contributed by atoms with van der Waals surface area (Å²) in [5.74, 6) is 2.72. The van der Waals surface area contributed by atoms with Crippen LogP contribution in [-0.2, 0) is 30.5 Å². The average molecular weight is 387 g/mol. The summed E-state index contributed by atoms with van der Waals surface area (Å²) in [5, 5.41) is 0. The number of carbonyl (C=O) groups is 1. The summed E-state index contributed by atoms with van der Waals surface area (Å²) < 4.78 is 11.9. The predicted molar refractivity (Wildman–Crippen MR) is 115 cm³/mol. The van der Waals surface area contributed by atoms with Gasteiger partial charge in [-0.2, -0.15) is 0 Å². The molecule has 0 aliphatic carbocycles. The molecule has 0 saturated heterocycles. The lowest BCUT2D eigenvalue weighted by Crippen LogP contribution is -2.12. The van der Waals surface area contributed by atoms with Crippen LogP contribution in [-0.4, -0.2) is 5.78 Å². The van der Waals surface area contributed by atoms with Gasteiger partial charge in [-0.25, -0.2) is 0 Å². The monoisotopic (exact) mass is 386 g/mol. The maximum Gasteiger partial charge on any atom is 0.134 e. The van der Waals surface area contributed by atoms with Gasteiger partial charge in [-0.05, 0) is 60.8 Å². The Morgan fingerprint density at radius 1 is 0.714 bits per heavy atom. The standard InChI is InChI=1S/C25H38O3/c1-7-17(24-22(11-5)19(9-3)15-27-24)13-21(26)14-18(8-2)25-23(12-6)20(10-4)16-28-25/h15-18H,7-14H2,1-6H3. The van der Waals surface area contributed by atoms with Gasteiger partial charge in [-0.15, -0.1) is 0 Å². The zero-order valence-corrected chi connectivity index (χ0v) is 18.7. The van der Waals surface area contributed by atoms with E-state index in [2.05, 4.69) is 41.5 Å². The minimum Gasteiger partial charge on any atom is -0.468 e. The Morgan fingerprint density at radius 3 is 1.39 bits per heavy atom. The van der Waals surface area contributed by atoms with Crippen molar-refractivity contribution in [2.24, 2.45) is 0 Å². The first-order chi connectivity index (χ1) is 13.5. The summed E-state index contributed by atoms with van der Waals surface area (Å²) in [5.41, 5.74) is 5.18. The maximum absolute atomic E-state index is 13.0. The molecule has 0 saturated carbocycles. The van der Waals surface area contributed by atoms with Crippen LogP contribution in [0.1, 0.15) is 113 Å². The van der Waals surface area contributed by atoms with E-state index in [4.69, 9.17) is 8.83 Å². The smallest absolute Gasteiger partial charge is 0.134 e. The lowest BCUT2D eigenvalue weighted by Gasteiger charge is -2.17. The molecule has 0 aromatic carbocycles. The molecule has 2 aromatic heterocycles. The minimum absolute atomic E-state index is 0.175. The third kappa shape index (κ3) is 4.79. The van der Waals surface area contributed by atoms with Crippen LogP contribution in [0, 0.1) is 0 Å². The van der Waals surface area contributed by atoms with E-state index in [0.717, 1.165) is 50.0 Å². The van der Waals surface area contributed by atoms with Crippen LogP contribution < -0.4 is 0 Å². The van der Waals surface area contributed by atoms with Crippen molar-refractivity contribution in [3.63, 3.8) is 0 Å². The van der Waals surface area contributed by atoms with E-state index >= 15 is 0 Å². The van der Waals surface area contributed by atoms with Crippen molar-refractivity contribution in [3.8, 4) is 0 Å². The van der Waals surface area contributed by atoms with E-state index in [9.17, 15) is 4.79 Å². The Kier molecular flexibility index (Phi) is 8.59. The second-order valence-corrected chi connectivity index (χ2v) is 7.78. The van der Waals surface area contributed by atoms with Crippen LogP contribution in [0.25, 0.3) is 0 Å². The predicted octanol–water partition coefficient (Wildman–Crippen LogP) is 7.16. The molecule has 2 unspecified atom stereocenters. The van der Waals surface area contributed by atoms with E-state index in [0.29, 0.717) is 18.6 Å². The Bertz CT molecular complexity index is 688. The third-order valence-corrected chi connectivity index (χ3v) is 6.17. The summed E-state index contributed by atoms with van der Waals surface area (Å²) in [7, 11) is 0. The van der Waals surface area contributed by atoms with Crippen molar-refractivity contribution >= 4 is 5.78 Å². The largest absolute Gasteiger partial charge is 0.468 e. The number of hydrogen-bond donors (Lipinski definition) is 0. The van der Waals surface area contributed by atoms with Gasteiger partial charge in [0, 0.05) is 24.7 Å². The molecule has 0 radical (unpaired) electrons. The zero-order chi connectivity index (χ0) is 20.7. The van der Waals surface area contributed by atoms with Crippen molar-refractivity contribution in [2.75, 3.05) is 0 Å². The Balaban J connectivity index is 2.14. The molecule has 0 aliphatic heterocycles. The Hall–Kier alpha value is -1.77. The highest BCUT2D eigenvalue weighted by Crippen LogP contribution is 2.35. The number of rotatable bonds is 12. The van der Waals surface area contributed by atoms with Gasteiger partial charge in [0.25, 0.3) is 0 Å². The van der Waals surface area contributed by atoms with Crippen LogP contribution in [0.2, 0.25) is 0 Å². The summed E-state index contributed by atoms with van der Waals surface area (Å²) in [6.45, 7) is 13.0. The fraction of sp³-hybridized carbons (Fsp3) is 0.640. The van der Waals surface area contributed by atoms with E-state index in [1.165, 1.54) is 22.3 Å². The second kappa shape index (κ2) is 10.7. The van der Waals surface area contributed by atoms with E-state index in [1.54, 1.807) is 0 Å². The third-order valence-electron chi connectivity index (χ3n) is 6.17. The van der Waals surface area contributed by atoms with Gasteiger partial charge in [0.05, 0.1) is 12.5 Å². The molecule has 0 bridgehead atoms. The molecule has 28 heavy (non-hydrogen) atoms. The van der Waals surface area contributed by atoms with Gasteiger partial charge in [-0.1, -0.05) is 41.5 Å². The number of furan rings is 2. The van der Waals surface area contributed by atoms with Crippen LogP contribution >= 0.6 is 0 Å². The molecule has 2 heterocycles. The quantitative estimate of drug-likeness (QED) is 0.389. The number of hydrogen-bond acceptors (Lipinski definition) is 3. The molecule has 2 rings (SSSR count). The van der Waals surface area contributed by atoms with Crippen LogP contribution in [0.5, 0.6) is 0 Å². The minimum atomic E-state index is 0.175. The number of aryl methyl sites for hydroxylation is 2. The molecule has 0 aliphatic rings. The van der Waals surface area contributed by atoms with Gasteiger partial charge in [0.1, 0.15) is 17.3 Å². The first-order valence-electron chi connectivity index (χ1n) is 11.2. The van der Waals surface area contributed by atoms with E-state index in [1.807, 2.05) is 12.5 Å². The van der Waals surface area contributed by atoms with E-state index < -0.39 is 0 Å². The highest BCUT2D eigenvalue weighted by Gasteiger charge is 2.26. The Morgan fingerprint density at radius 2 is 1.11 bits per heavy atom. The molecular weight excluding hydrogens is 348 g/mol. The number of ketones is 1. The molecular formula is C25H38O3. The van der Waals surface area contributed by atoms with Gasteiger partial charge in [-0.3, -0.25) is 4.79 Å². The number of carbonyl (C=O) groups excluding carboxylic acids is 1. The molecule has 156 valence electrons. The fourth-order valence-corrected chi connectivity index (χ4v) is 4.43. The van der Waals surface area contributed by atoms with Gasteiger partial charge in [0.2, 0.25) is 0 Å².